The highest BCUT2D eigenvalue weighted by atomic mass is 16.5. The number of amides is 1. The minimum absolute atomic E-state index is 0.101. The Bertz CT molecular complexity index is 1340. The summed E-state index contributed by atoms with van der Waals surface area (Å²) in [4.78, 5) is 27.3. The van der Waals surface area contributed by atoms with Gasteiger partial charge in [0.05, 0.1) is 23.3 Å². The van der Waals surface area contributed by atoms with Gasteiger partial charge in [0.15, 0.2) is 0 Å². The number of nitriles is 1. The van der Waals surface area contributed by atoms with Crippen LogP contribution in [0.2, 0.25) is 0 Å². The molecule has 0 spiro atoms. The van der Waals surface area contributed by atoms with E-state index in [1.807, 2.05) is 19.1 Å². The molecule has 1 amide bonds. The predicted octanol–water partition coefficient (Wildman–Crippen LogP) is 4.58. The Hall–Kier alpha value is -3.22. The number of piperidine rings is 2. The minimum Gasteiger partial charge on any atom is -0.489 e. The second kappa shape index (κ2) is 11.7. The Morgan fingerprint density at radius 2 is 1.72 bits per heavy atom. The molecule has 2 aliphatic heterocycles. The summed E-state index contributed by atoms with van der Waals surface area (Å²) in [5.41, 5.74) is 1.45. The molecule has 2 N–H and O–H groups in total. The molecule has 3 heterocycles. The van der Waals surface area contributed by atoms with Crippen LogP contribution in [0, 0.1) is 40.4 Å². The highest BCUT2D eigenvalue weighted by Gasteiger charge is 2.64. The monoisotopic (exact) mass is 588 g/mol. The molecular formula is C34H48N6O3. The van der Waals surface area contributed by atoms with E-state index in [4.69, 9.17) is 4.74 Å². The minimum atomic E-state index is -0.314. The lowest BCUT2D eigenvalue weighted by Crippen LogP contribution is -2.74. The molecule has 3 fully saturated rings. The lowest BCUT2D eigenvalue weighted by Gasteiger charge is -2.63. The average molecular weight is 589 g/mol. The van der Waals surface area contributed by atoms with E-state index in [2.05, 4.69) is 72.7 Å². The van der Waals surface area contributed by atoms with Gasteiger partial charge in [-0.05, 0) is 61.3 Å². The number of aliphatic hydroxyl groups excluding tert-OH is 1. The highest BCUT2D eigenvalue weighted by molar-refractivity contribution is 5.94. The van der Waals surface area contributed by atoms with E-state index in [0.29, 0.717) is 23.0 Å². The highest BCUT2D eigenvalue weighted by Crippen LogP contribution is 2.55. The van der Waals surface area contributed by atoms with E-state index >= 15 is 0 Å². The van der Waals surface area contributed by atoms with E-state index in [0.717, 1.165) is 63.3 Å². The number of carbonyl (C=O) groups excluding carboxylic acids is 1. The first-order chi connectivity index (χ1) is 20.2. The van der Waals surface area contributed by atoms with E-state index < -0.39 is 0 Å². The Kier molecular flexibility index (Phi) is 8.49. The van der Waals surface area contributed by atoms with Gasteiger partial charge in [-0.2, -0.15) is 5.26 Å². The third kappa shape index (κ3) is 6.23. The molecule has 9 nitrogen and oxygen atoms in total. The van der Waals surface area contributed by atoms with Crippen LogP contribution >= 0.6 is 0 Å². The fraction of sp³-hybridized carbons (Fsp3) is 0.647. The molecule has 5 rings (SSSR count). The first-order valence-corrected chi connectivity index (χ1v) is 15.7. The number of aryl methyl sites for hydroxylation is 1. The number of nitrogens with zero attached hydrogens (tertiary/aromatic N) is 5. The van der Waals surface area contributed by atoms with Crippen molar-refractivity contribution in [1.82, 2.24) is 20.2 Å². The number of hydrogen-bond donors (Lipinski definition) is 2. The van der Waals surface area contributed by atoms with Gasteiger partial charge in [0.25, 0.3) is 5.91 Å². The molecule has 2 saturated heterocycles. The largest absolute Gasteiger partial charge is 0.489 e. The molecule has 232 valence electrons. The topological polar surface area (TPSA) is 115 Å². The van der Waals surface area contributed by atoms with Crippen molar-refractivity contribution in [3.63, 3.8) is 0 Å². The van der Waals surface area contributed by atoms with Gasteiger partial charge in [-0.25, -0.2) is 9.97 Å². The van der Waals surface area contributed by atoms with E-state index in [9.17, 15) is 15.2 Å². The zero-order valence-electron chi connectivity index (χ0n) is 26.9. The van der Waals surface area contributed by atoms with Crippen molar-refractivity contribution in [2.45, 2.75) is 86.0 Å². The number of benzene rings is 1. The fourth-order valence-electron chi connectivity index (χ4n) is 7.91. The second-order valence-electron chi connectivity index (χ2n) is 14.8. The normalized spacial score (nSPS) is 26.7. The molecule has 0 radical (unpaired) electrons. The van der Waals surface area contributed by atoms with Crippen molar-refractivity contribution in [3.05, 3.63) is 47.3 Å². The van der Waals surface area contributed by atoms with Crippen LogP contribution in [-0.4, -0.2) is 76.9 Å². The van der Waals surface area contributed by atoms with Crippen molar-refractivity contribution < 1.29 is 14.6 Å². The number of hydrogen-bond acceptors (Lipinski definition) is 8. The van der Waals surface area contributed by atoms with Gasteiger partial charge in [0.2, 0.25) is 5.95 Å². The summed E-state index contributed by atoms with van der Waals surface area (Å²) in [5, 5.41) is 22.3. The van der Waals surface area contributed by atoms with Crippen molar-refractivity contribution in [2.75, 3.05) is 37.6 Å². The Morgan fingerprint density at radius 1 is 1.07 bits per heavy atom. The lowest BCUT2D eigenvalue weighted by atomic mass is 9.49. The van der Waals surface area contributed by atoms with Gasteiger partial charge in [-0.15, -0.1) is 0 Å². The Morgan fingerprint density at radius 3 is 2.30 bits per heavy atom. The maximum atomic E-state index is 13.4. The van der Waals surface area contributed by atoms with E-state index in [-0.39, 0.29) is 40.4 Å². The summed E-state index contributed by atoms with van der Waals surface area (Å²) in [6, 6.07) is 7.62. The van der Waals surface area contributed by atoms with Crippen LogP contribution in [-0.2, 0) is 0 Å². The lowest BCUT2D eigenvalue weighted by molar-refractivity contribution is -0.164. The van der Waals surface area contributed by atoms with Crippen molar-refractivity contribution in [3.8, 4) is 11.8 Å². The molecule has 1 aromatic heterocycles. The number of likely N-dealkylation sites (tertiary alicyclic amines) is 1. The molecule has 0 bridgehead atoms. The van der Waals surface area contributed by atoms with Gasteiger partial charge in [-0.1, -0.05) is 41.5 Å². The zero-order chi connectivity index (χ0) is 31.2. The van der Waals surface area contributed by atoms with Crippen molar-refractivity contribution in [1.29, 1.82) is 5.26 Å². The summed E-state index contributed by atoms with van der Waals surface area (Å²) >= 11 is 0. The number of aromatic nitrogens is 2. The predicted molar refractivity (Wildman–Crippen MR) is 167 cm³/mol. The van der Waals surface area contributed by atoms with Crippen molar-refractivity contribution in [2.24, 2.45) is 22.2 Å². The SMILES string of the molecule is Cc1cc(OC2C(C)(C)C(NC(=O)c3cnc(N4CCC(CN5CCC(O)CC5)C(C)(C)C4)nc3)C2(C)C)ccc1C#N. The molecule has 1 atom stereocenters. The first kappa shape index (κ1) is 31.2. The van der Waals surface area contributed by atoms with Crippen molar-refractivity contribution >= 4 is 11.9 Å². The van der Waals surface area contributed by atoms with Crippen LogP contribution in [0.25, 0.3) is 0 Å². The first-order valence-electron chi connectivity index (χ1n) is 15.7. The summed E-state index contributed by atoms with van der Waals surface area (Å²) in [6.45, 7) is 19.8. The molecule has 1 saturated carbocycles. The van der Waals surface area contributed by atoms with Crippen LogP contribution in [0.3, 0.4) is 0 Å². The Labute approximate surface area is 256 Å². The van der Waals surface area contributed by atoms with Crippen LogP contribution in [0.15, 0.2) is 30.6 Å². The van der Waals surface area contributed by atoms with E-state index in [1.165, 1.54) is 0 Å². The van der Waals surface area contributed by atoms with Crippen LogP contribution in [0.1, 0.15) is 82.3 Å². The van der Waals surface area contributed by atoms with Gasteiger partial charge in [0, 0.05) is 62.0 Å². The molecule has 2 aromatic rings. The number of carbonyl (C=O) groups is 1. The second-order valence-corrected chi connectivity index (χ2v) is 14.8. The van der Waals surface area contributed by atoms with Gasteiger partial charge >= 0.3 is 0 Å². The van der Waals surface area contributed by atoms with Gasteiger partial charge < -0.3 is 25.0 Å². The summed E-state index contributed by atoms with van der Waals surface area (Å²) < 4.78 is 6.43. The standard InChI is InChI=1S/C34H48N6O3/c1-22-16-27(9-8-23(22)17-35)43-30-33(4,5)29(34(30,6)7)38-28(42)24-18-36-31(37-19-24)40-15-10-25(32(2,3)21-40)20-39-13-11-26(41)12-14-39/h8-9,16,18-19,25-26,29-30,41H,10-15,20-21H2,1-7H3,(H,38,42). The number of rotatable bonds is 7. The smallest absolute Gasteiger partial charge is 0.254 e. The number of nitrogens with one attached hydrogen (secondary N) is 1. The fourth-order valence-corrected chi connectivity index (χ4v) is 7.91. The quantitative estimate of drug-likeness (QED) is 0.483. The summed E-state index contributed by atoms with van der Waals surface area (Å²) in [5.74, 6) is 1.79. The molecule has 43 heavy (non-hydrogen) atoms. The molecule has 1 aromatic carbocycles. The zero-order valence-corrected chi connectivity index (χ0v) is 26.9. The summed E-state index contributed by atoms with van der Waals surface area (Å²) in [6.07, 6.45) is 5.82. The summed E-state index contributed by atoms with van der Waals surface area (Å²) in [7, 11) is 0. The van der Waals surface area contributed by atoms with Crippen LogP contribution in [0.4, 0.5) is 5.95 Å². The third-order valence-corrected chi connectivity index (χ3v) is 10.4. The molecule has 1 aliphatic carbocycles. The number of aliphatic hydroxyl groups is 1. The molecule has 1 unspecified atom stereocenters. The average Bonchev–Trinajstić information content (AvgIpc) is 2.96. The molecular weight excluding hydrogens is 540 g/mol. The van der Waals surface area contributed by atoms with Crippen LogP contribution in [0.5, 0.6) is 5.75 Å². The van der Waals surface area contributed by atoms with Gasteiger partial charge in [0.1, 0.15) is 11.9 Å². The maximum Gasteiger partial charge on any atom is 0.254 e. The maximum absolute atomic E-state index is 13.4. The Balaban J connectivity index is 1.18. The van der Waals surface area contributed by atoms with E-state index in [1.54, 1.807) is 18.5 Å². The van der Waals surface area contributed by atoms with Gasteiger partial charge in [-0.3, -0.25) is 4.79 Å². The molecule has 3 aliphatic rings. The number of ether oxygens (including phenoxy) is 1. The molecule has 9 heteroatoms. The number of anilines is 1. The van der Waals surface area contributed by atoms with Crippen LogP contribution < -0.4 is 15.0 Å². The third-order valence-electron chi connectivity index (χ3n) is 10.4.